The smallest absolute Gasteiger partial charge is 0.150 e. The third-order valence-electron chi connectivity index (χ3n) is 4.47. The van der Waals surface area contributed by atoms with Crippen molar-refractivity contribution in [1.29, 1.82) is 0 Å². The molecule has 0 radical (unpaired) electrons. The van der Waals surface area contributed by atoms with Crippen LogP contribution in [0.1, 0.15) is 23.1 Å². The predicted molar refractivity (Wildman–Crippen MR) is 83.8 cm³/mol. The Hall–Kier alpha value is -0.870. The minimum atomic E-state index is -2.79. The fourth-order valence-corrected chi connectivity index (χ4v) is 5.02. The van der Waals surface area contributed by atoms with Gasteiger partial charge in [-0.3, -0.25) is 0 Å². The van der Waals surface area contributed by atoms with Gasteiger partial charge in [0.25, 0.3) is 0 Å². The number of hydrogen-bond donors (Lipinski definition) is 1. The van der Waals surface area contributed by atoms with E-state index in [1.165, 1.54) is 16.7 Å². The Balaban J connectivity index is 2.11. The zero-order valence-electron chi connectivity index (χ0n) is 12.6. The minimum absolute atomic E-state index is 0.300. The SMILES string of the molecule is CNCC(Cc1ccc(C)c(C)c1)C1CCS(=O)(=O)C1. The predicted octanol–water partition coefficient (Wildman–Crippen LogP) is 2.12. The average molecular weight is 295 g/mol. The number of benzene rings is 1. The van der Waals surface area contributed by atoms with E-state index in [9.17, 15) is 8.42 Å². The van der Waals surface area contributed by atoms with Crippen molar-refractivity contribution < 1.29 is 8.42 Å². The van der Waals surface area contributed by atoms with E-state index in [0.29, 0.717) is 23.3 Å². The van der Waals surface area contributed by atoms with E-state index < -0.39 is 9.84 Å². The zero-order valence-corrected chi connectivity index (χ0v) is 13.5. The van der Waals surface area contributed by atoms with Gasteiger partial charge in [-0.15, -0.1) is 0 Å². The van der Waals surface area contributed by atoms with Gasteiger partial charge in [0.15, 0.2) is 9.84 Å². The molecule has 1 fully saturated rings. The lowest BCUT2D eigenvalue weighted by atomic mass is 9.85. The van der Waals surface area contributed by atoms with E-state index in [-0.39, 0.29) is 0 Å². The number of sulfone groups is 1. The number of aryl methyl sites for hydroxylation is 2. The van der Waals surface area contributed by atoms with Crippen LogP contribution >= 0.6 is 0 Å². The Morgan fingerprint density at radius 1 is 1.30 bits per heavy atom. The van der Waals surface area contributed by atoms with E-state index in [4.69, 9.17) is 0 Å². The number of hydrogen-bond acceptors (Lipinski definition) is 3. The number of nitrogens with one attached hydrogen (secondary N) is 1. The first-order valence-corrected chi connectivity index (χ1v) is 9.14. The summed E-state index contributed by atoms with van der Waals surface area (Å²) in [5.41, 5.74) is 3.93. The summed E-state index contributed by atoms with van der Waals surface area (Å²) in [4.78, 5) is 0. The van der Waals surface area contributed by atoms with E-state index >= 15 is 0 Å². The molecule has 1 heterocycles. The van der Waals surface area contributed by atoms with Gasteiger partial charge in [-0.1, -0.05) is 18.2 Å². The fourth-order valence-electron chi connectivity index (χ4n) is 3.10. The molecule has 1 N–H and O–H groups in total. The zero-order chi connectivity index (χ0) is 14.8. The van der Waals surface area contributed by atoms with Gasteiger partial charge in [-0.05, 0) is 68.8 Å². The summed E-state index contributed by atoms with van der Waals surface area (Å²) < 4.78 is 23.4. The average Bonchev–Trinajstić information content (AvgIpc) is 2.74. The summed E-state index contributed by atoms with van der Waals surface area (Å²) in [5.74, 6) is 1.43. The summed E-state index contributed by atoms with van der Waals surface area (Å²) in [6.07, 6.45) is 1.78. The lowest BCUT2D eigenvalue weighted by Crippen LogP contribution is -2.28. The summed E-state index contributed by atoms with van der Waals surface area (Å²) >= 11 is 0. The molecule has 1 saturated heterocycles. The van der Waals surface area contributed by atoms with E-state index in [2.05, 4.69) is 37.4 Å². The molecule has 20 heavy (non-hydrogen) atoms. The van der Waals surface area contributed by atoms with Crippen LogP contribution < -0.4 is 5.32 Å². The quantitative estimate of drug-likeness (QED) is 0.905. The standard InChI is InChI=1S/C16H25NO2S/c1-12-4-5-14(8-13(12)2)9-16(10-17-3)15-6-7-20(18,19)11-15/h4-5,8,15-17H,6-7,9-11H2,1-3H3. The van der Waals surface area contributed by atoms with Crippen LogP contribution in [-0.2, 0) is 16.3 Å². The second kappa shape index (κ2) is 6.27. The highest BCUT2D eigenvalue weighted by Gasteiger charge is 2.33. The number of rotatable bonds is 5. The van der Waals surface area contributed by atoms with Crippen LogP contribution in [0, 0.1) is 25.7 Å². The van der Waals surface area contributed by atoms with Gasteiger partial charge in [-0.25, -0.2) is 8.42 Å². The van der Waals surface area contributed by atoms with E-state index in [0.717, 1.165) is 19.4 Å². The van der Waals surface area contributed by atoms with Crippen molar-refractivity contribution in [2.75, 3.05) is 25.1 Å². The maximum atomic E-state index is 11.7. The van der Waals surface area contributed by atoms with Crippen LogP contribution in [0.5, 0.6) is 0 Å². The van der Waals surface area contributed by atoms with Gasteiger partial charge in [0.1, 0.15) is 0 Å². The molecule has 4 heteroatoms. The molecule has 2 rings (SSSR count). The van der Waals surface area contributed by atoms with Crippen LogP contribution in [0.4, 0.5) is 0 Å². The highest BCUT2D eigenvalue weighted by Crippen LogP contribution is 2.28. The largest absolute Gasteiger partial charge is 0.319 e. The Kier molecular flexibility index (Phi) is 4.86. The van der Waals surface area contributed by atoms with Crippen LogP contribution in [0.25, 0.3) is 0 Å². The van der Waals surface area contributed by atoms with Crippen molar-refractivity contribution in [2.45, 2.75) is 26.7 Å². The molecule has 0 aromatic heterocycles. The summed E-state index contributed by atoms with van der Waals surface area (Å²) in [6.45, 7) is 5.13. The lowest BCUT2D eigenvalue weighted by molar-refractivity contribution is 0.352. The van der Waals surface area contributed by atoms with Crippen molar-refractivity contribution in [3.8, 4) is 0 Å². The molecule has 1 aromatic carbocycles. The molecule has 0 aliphatic carbocycles. The van der Waals surface area contributed by atoms with Gasteiger partial charge in [0.05, 0.1) is 11.5 Å². The summed E-state index contributed by atoms with van der Waals surface area (Å²) in [5, 5.41) is 3.22. The second-order valence-electron chi connectivity index (χ2n) is 6.10. The fraction of sp³-hybridized carbons (Fsp3) is 0.625. The third-order valence-corrected chi connectivity index (χ3v) is 6.26. The van der Waals surface area contributed by atoms with Crippen molar-refractivity contribution in [3.63, 3.8) is 0 Å². The highest BCUT2D eigenvalue weighted by atomic mass is 32.2. The normalized spacial score (nSPS) is 22.9. The van der Waals surface area contributed by atoms with Gasteiger partial charge in [0.2, 0.25) is 0 Å². The Labute approximate surface area is 122 Å². The molecular formula is C16H25NO2S. The first kappa shape index (κ1) is 15.5. The van der Waals surface area contributed by atoms with E-state index in [1.54, 1.807) is 0 Å². The van der Waals surface area contributed by atoms with Crippen LogP contribution in [0.15, 0.2) is 18.2 Å². The Morgan fingerprint density at radius 3 is 2.60 bits per heavy atom. The molecular weight excluding hydrogens is 270 g/mol. The maximum absolute atomic E-state index is 11.7. The topological polar surface area (TPSA) is 46.2 Å². The molecule has 1 aliphatic heterocycles. The van der Waals surface area contributed by atoms with Crippen LogP contribution in [0.2, 0.25) is 0 Å². The van der Waals surface area contributed by atoms with Gasteiger partial charge < -0.3 is 5.32 Å². The Morgan fingerprint density at radius 2 is 2.05 bits per heavy atom. The lowest BCUT2D eigenvalue weighted by Gasteiger charge is -2.22. The third kappa shape index (κ3) is 3.83. The van der Waals surface area contributed by atoms with Gasteiger partial charge in [0, 0.05) is 0 Å². The van der Waals surface area contributed by atoms with Crippen LogP contribution in [0.3, 0.4) is 0 Å². The maximum Gasteiger partial charge on any atom is 0.150 e. The monoisotopic (exact) mass is 295 g/mol. The van der Waals surface area contributed by atoms with E-state index in [1.807, 2.05) is 7.05 Å². The molecule has 0 saturated carbocycles. The van der Waals surface area contributed by atoms with Crippen molar-refractivity contribution >= 4 is 9.84 Å². The van der Waals surface area contributed by atoms with Crippen molar-refractivity contribution in [2.24, 2.45) is 11.8 Å². The molecule has 1 aliphatic rings. The minimum Gasteiger partial charge on any atom is -0.319 e. The molecule has 0 amide bonds. The summed E-state index contributed by atoms with van der Waals surface area (Å²) in [6, 6.07) is 6.57. The molecule has 2 atom stereocenters. The molecule has 0 bridgehead atoms. The van der Waals surface area contributed by atoms with Gasteiger partial charge >= 0.3 is 0 Å². The molecule has 2 unspecified atom stereocenters. The molecule has 3 nitrogen and oxygen atoms in total. The van der Waals surface area contributed by atoms with Crippen molar-refractivity contribution in [1.82, 2.24) is 5.32 Å². The molecule has 1 aromatic rings. The second-order valence-corrected chi connectivity index (χ2v) is 8.33. The first-order valence-electron chi connectivity index (χ1n) is 7.32. The van der Waals surface area contributed by atoms with Crippen molar-refractivity contribution in [3.05, 3.63) is 34.9 Å². The highest BCUT2D eigenvalue weighted by molar-refractivity contribution is 7.91. The Bertz CT molecular complexity index is 566. The first-order chi connectivity index (χ1) is 9.41. The van der Waals surface area contributed by atoms with Crippen LogP contribution in [-0.4, -0.2) is 33.5 Å². The molecule has 0 spiro atoms. The van der Waals surface area contributed by atoms with Gasteiger partial charge in [-0.2, -0.15) is 0 Å². The molecule has 112 valence electrons. The summed E-state index contributed by atoms with van der Waals surface area (Å²) in [7, 11) is -0.852.